The van der Waals surface area contributed by atoms with E-state index in [-0.39, 0.29) is 18.1 Å². The average molecular weight is 385 g/mol. The fraction of sp³-hybridized carbons (Fsp3) is 0.192. The summed E-state index contributed by atoms with van der Waals surface area (Å²) >= 11 is 0. The van der Waals surface area contributed by atoms with Crippen molar-refractivity contribution in [2.75, 3.05) is 11.9 Å². The summed E-state index contributed by atoms with van der Waals surface area (Å²) in [6, 6.07) is 17.0. The van der Waals surface area contributed by atoms with Gasteiger partial charge in [-0.1, -0.05) is 54.6 Å². The van der Waals surface area contributed by atoms with Crippen LogP contribution in [0.4, 0.5) is 10.1 Å². The second kappa shape index (κ2) is 8.04. The highest BCUT2D eigenvalue weighted by Gasteiger charge is 2.14. The molecule has 0 aliphatic heterocycles. The Hall–Kier alpha value is -3.20. The maximum atomic E-state index is 14.8. The van der Waals surface area contributed by atoms with Crippen molar-refractivity contribution in [2.45, 2.75) is 26.7 Å². The second-order valence-electron chi connectivity index (χ2n) is 7.54. The number of fused-ring (bicyclic) bond motifs is 1. The van der Waals surface area contributed by atoms with Gasteiger partial charge in [0, 0.05) is 5.56 Å². The summed E-state index contributed by atoms with van der Waals surface area (Å²) in [4.78, 5) is 12.6. The molecule has 0 heterocycles. The van der Waals surface area contributed by atoms with E-state index >= 15 is 0 Å². The van der Waals surface area contributed by atoms with Gasteiger partial charge < -0.3 is 5.32 Å². The second-order valence-corrected chi connectivity index (χ2v) is 7.54. The Morgan fingerprint density at radius 2 is 1.90 bits per heavy atom. The minimum Gasteiger partial charge on any atom is -0.375 e. The van der Waals surface area contributed by atoms with Crippen molar-refractivity contribution in [3.63, 3.8) is 0 Å². The Kier molecular flexibility index (Phi) is 5.30. The number of benzene rings is 3. The largest absolute Gasteiger partial charge is 0.375 e. The van der Waals surface area contributed by atoms with E-state index in [0.717, 1.165) is 35.1 Å². The molecule has 2 nitrogen and oxygen atoms in total. The van der Waals surface area contributed by atoms with Gasteiger partial charge in [-0.05, 0) is 72.2 Å². The molecule has 0 saturated carbocycles. The van der Waals surface area contributed by atoms with E-state index in [2.05, 4.69) is 23.5 Å². The van der Waals surface area contributed by atoms with E-state index in [1.165, 1.54) is 11.1 Å². The zero-order chi connectivity index (χ0) is 20.4. The Balaban J connectivity index is 1.54. The van der Waals surface area contributed by atoms with Gasteiger partial charge in [0.15, 0.2) is 5.78 Å². The van der Waals surface area contributed by atoms with Crippen LogP contribution in [-0.2, 0) is 6.42 Å². The minimum absolute atomic E-state index is 0.0445. The molecule has 0 saturated heterocycles. The van der Waals surface area contributed by atoms with Crippen LogP contribution in [0.15, 0.2) is 60.7 Å². The number of carbonyl (C=O) groups is 1. The number of hydrogen-bond acceptors (Lipinski definition) is 2. The van der Waals surface area contributed by atoms with E-state index < -0.39 is 0 Å². The number of aryl methyl sites for hydroxylation is 2. The maximum Gasteiger partial charge on any atom is 0.182 e. The fourth-order valence-corrected chi connectivity index (χ4v) is 3.87. The number of rotatable bonds is 5. The molecule has 0 aromatic heterocycles. The Morgan fingerprint density at radius 1 is 1.07 bits per heavy atom. The molecule has 1 aliphatic carbocycles. The van der Waals surface area contributed by atoms with Crippen molar-refractivity contribution in [1.29, 1.82) is 0 Å². The highest BCUT2D eigenvalue weighted by atomic mass is 19.1. The summed E-state index contributed by atoms with van der Waals surface area (Å²) in [5.41, 5.74) is 7.41. The lowest BCUT2D eigenvalue weighted by Crippen LogP contribution is -2.16. The normalized spacial score (nSPS) is 12.5. The van der Waals surface area contributed by atoms with Gasteiger partial charge in [-0.3, -0.25) is 4.79 Å². The number of allylic oxidation sites excluding steroid dienone is 1. The van der Waals surface area contributed by atoms with Crippen molar-refractivity contribution in [1.82, 2.24) is 0 Å². The van der Waals surface area contributed by atoms with Crippen LogP contribution >= 0.6 is 0 Å². The quantitative estimate of drug-likeness (QED) is 0.518. The zero-order valence-electron chi connectivity index (χ0n) is 16.8. The molecule has 0 bridgehead atoms. The van der Waals surface area contributed by atoms with Crippen molar-refractivity contribution >= 4 is 17.5 Å². The molecule has 1 aliphatic rings. The molecule has 3 heteroatoms. The van der Waals surface area contributed by atoms with Crippen molar-refractivity contribution < 1.29 is 9.18 Å². The SMILES string of the molecule is Cc1cccc(C(=O)CNc2ccc(-c3cccc4c3C=CCC4)cc2F)c1C. The Morgan fingerprint density at radius 3 is 2.72 bits per heavy atom. The van der Waals surface area contributed by atoms with E-state index in [1.54, 1.807) is 12.1 Å². The molecule has 0 radical (unpaired) electrons. The van der Waals surface area contributed by atoms with E-state index in [0.29, 0.717) is 11.3 Å². The lowest BCUT2D eigenvalue weighted by Gasteiger charge is -2.16. The number of halogens is 1. The van der Waals surface area contributed by atoms with Crippen LogP contribution < -0.4 is 5.32 Å². The molecule has 0 amide bonds. The predicted molar refractivity (Wildman–Crippen MR) is 118 cm³/mol. The number of carbonyl (C=O) groups excluding carboxylic acids is 1. The first-order valence-electron chi connectivity index (χ1n) is 9.96. The standard InChI is InChI=1S/C26H24FNO/c1-17-7-5-11-21(18(17)2)26(29)16-28-25-14-13-20(15-24(25)27)23-12-6-9-19-8-3-4-10-22(19)23/h4-7,9-15,28H,3,8,16H2,1-2H3. The van der Waals surface area contributed by atoms with Crippen molar-refractivity contribution in [2.24, 2.45) is 0 Å². The highest BCUT2D eigenvalue weighted by Crippen LogP contribution is 2.32. The Bertz CT molecular complexity index is 1110. The third-order valence-corrected chi connectivity index (χ3v) is 5.69. The molecule has 29 heavy (non-hydrogen) atoms. The van der Waals surface area contributed by atoms with E-state index in [1.807, 2.05) is 50.2 Å². The summed E-state index contributed by atoms with van der Waals surface area (Å²) in [6.07, 6.45) is 6.35. The number of ketones is 1. The Labute approximate surface area is 171 Å². The van der Waals surface area contributed by atoms with Gasteiger partial charge in [0.2, 0.25) is 0 Å². The average Bonchev–Trinajstić information content (AvgIpc) is 2.74. The van der Waals surface area contributed by atoms with Gasteiger partial charge in [-0.2, -0.15) is 0 Å². The van der Waals surface area contributed by atoms with Crippen LogP contribution in [0.5, 0.6) is 0 Å². The number of Topliss-reactive ketones (excluding diaryl/α,β-unsaturated/α-hetero) is 1. The van der Waals surface area contributed by atoms with E-state index in [4.69, 9.17) is 0 Å². The van der Waals surface area contributed by atoms with Crippen LogP contribution in [0.25, 0.3) is 17.2 Å². The van der Waals surface area contributed by atoms with Crippen LogP contribution in [0.1, 0.15) is 39.0 Å². The van der Waals surface area contributed by atoms with Crippen LogP contribution in [0.3, 0.4) is 0 Å². The maximum absolute atomic E-state index is 14.8. The molecule has 0 atom stereocenters. The topological polar surface area (TPSA) is 29.1 Å². The van der Waals surface area contributed by atoms with Gasteiger partial charge in [0.05, 0.1) is 12.2 Å². The lowest BCUT2D eigenvalue weighted by molar-refractivity contribution is 0.101. The van der Waals surface area contributed by atoms with Gasteiger partial charge in [-0.15, -0.1) is 0 Å². The number of anilines is 1. The first-order valence-corrected chi connectivity index (χ1v) is 9.96. The van der Waals surface area contributed by atoms with Crippen molar-refractivity contribution in [3.8, 4) is 11.1 Å². The number of hydrogen-bond donors (Lipinski definition) is 1. The molecular formula is C26H24FNO. The van der Waals surface area contributed by atoms with Gasteiger partial charge >= 0.3 is 0 Å². The first-order chi connectivity index (χ1) is 14.0. The smallest absolute Gasteiger partial charge is 0.182 e. The minimum atomic E-state index is -0.353. The van der Waals surface area contributed by atoms with Crippen LogP contribution in [0, 0.1) is 19.7 Å². The third-order valence-electron chi connectivity index (χ3n) is 5.69. The monoisotopic (exact) mass is 385 g/mol. The predicted octanol–water partition coefficient (Wildman–Crippen LogP) is 6.36. The summed E-state index contributed by atoms with van der Waals surface area (Å²) in [7, 11) is 0. The molecule has 4 rings (SSSR count). The lowest BCUT2D eigenvalue weighted by atomic mass is 9.90. The molecule has 0 unspecified atom stereocenters. The molecule has 146 valence electrons. The summed E-state index contributed by atoms with van der Waals surface area (Å²) in [6.45, 7) is 3.98. The molecular weight excluding hydrogens is 361 g/mol. The van der Waals surface area contributed by atoms with Crippen LogP contribution in [-0.4, -0.2) is 12.3 Å². The zero-order valence-corrected chi connectivity index (χ0v) is 16.8. The third kappa shape index (κ3) is 3.86. The molecule has 3 aromatic rings. The van der Waals surface area contributed by atoms with Crippen molar-refractivity contribution in [3.05, 3.63) is 94.3 Å². The molecule has 3 aromatic carbocycles. The summed E-state index contributed by atoms with van der Waals surface area (Å²) in [5, 5.41) is 2.96. The van der Waals surface area contributed by atoms with E-state index in [9.17, 15) is 9.18 Å². The molecule has 0 spiro atoms. The first kappa shape index (κ1) is 19.1. The number of nitrogens with one attached hydrogen (secondary N) is 1. The highest BCUT2D eigenvalue weighted by molar-refractivity contribution is 6.00. The fourth-order valence-electron chi connectivity index (χ4n) is 3.87. The van der Waals surface area contributed by atoms with Crippen LogP contribution in [0.2, 0.25) is 0 Å². The molecule has 0 fully saturated rings. The van der Waals surface area contributed by atoms with Gasteiger partial charge in [0.1, 0.15) is 5.82 Å². The van der Waals surface area contributed by atoms with Gasteiger partial charge in [0.25, 0.3) is 0 Å². The summed E-state index contributed by atoms with van der Waals surface area (Å²) < 4.78 is 14.8. The van der Waals surface area contributed by atoms with Gasteiger partial charge in [-0.25, -0.2) is 4.39 Å². The summed E-state index contributed by atoms with van der Waals surface area (Å²) in [5.74, 6) is -0.398. The molecule has 1 N–H and O–H groups in total.